The molecular weight excluding hydrogens is 528 g/mol. The van der Waals surface area contributed by atoms with E-state index in [-0.39, 0.29) is 12.3 Å². The van der Waals surface area contributed by atoms with E-state index in [0.29, 0.717) is 29.7 Å². The number of carbonyl (C=O) groups is 1. The Morgan fingerprint density at radius 2 is 1.80 bits per heavy atom. The fourth-order valence-electron chi connectivity index (χ4n) is 3.64. The molecule has 0 saturated heterocycles. The topological polar surface area (TPSA) is 59.9 Å². The summed E-state index contributed by atoms with van der Waals surface area (Å²) < 4.78 is 12.5. The zero-order valence-corrected chi connectivity index (χ0v) is 21.5. The first-order chi connectivity index (χ1) is 17.0. The maximum Gasteiger partial charge on any atom is 0.244 e. The SMILES string of the molecule is CCOc1cc(C=NNC(=O)Cc2cccc3ccccc23)cc(Br)c1OCc1ccc(Cl)cc1. The van der Waals surface area contributed by atoms with Crippen molar-refractivity contribution >= 4 is 50.4 Å². The van der Waals surface area contributed by atoms with Gasteiger partial charge in [-0.2, -0.15) is 5.10 Å². The van der Waals surface area contributed by atoms with Gasteiger partial charge in [-0.25, -0.2) is 5.43 Å². The fraction of sp³-hybridized carbons (Fsp3) is 0.143. The summed E-state index contributed by atoms with van der Waals surface area (Å²) in [6.07, 6.45) is 1.82. The number of hydrogen-bond acceptors (Lipinski definition) is 4. The standard InChI is InChI=1S/C28H24BrClN2O3/c1-2-34-26-15-20(14-25(29)28(26)35-18-19-10-12-23(30)13-11-19)17-31-32-27(33)16-22-8-5-7-21-6-3-4-9-24(21)22/h3-15,17H,2,16,18H2,1H3,(H,32,33). The van der Waals surface area contributed by atoms with Crippen LogP contribution in [-0.4, -0.2) is 18.7 Å². The third-order valence-corrected chi connectivity index (χ3v) is 6.10. The third kappa shape index (κ3) is 6.62. The summed E-state index contributed by atoms with van der Waals surface area (Å²) in [5, 5.41) is 6.98. The van der Waals surface area contributed by atoms with Crippen LogP contribution in [0.4, 0.5) is 0 Å². The molecule has 4 aromatic carbocycles. The van der Waals surface area contributed by atoms with Crippen LogP contribution >= 0.6 is 27.5 Å². The van der Waals surface area contributed by atoms with E-state index >= 15 is 0 Å². The Hall–Kier alpha value is -3.35. The Labute approximate surface area is 217 Å². The number of nitrogens with one attached hydrogen (secondary N) is 1. The molecule has 4 aromatic rings. The molecule has 1 amide bonds. The van der Waals surface area contributed by atoms with Crippen molar-refractivity contribution in [2.24, 2.45) is 5.10 Å². The molecule has 0 heterocycles. The third-order valence-electron chi connectivity index (χ3n) is 5.26. The largest absolute Gasteiger partial charge is 0.490 e. The Bertz CT molecular complexity index is 1350. The number of hydrazone groups is 1. The number of rotatable bonds is 9. The van der Waals surface area contributed by atoms with Crippen molar-refractivity contribution in [3.8, 4) is 11.5 Å². The van der Waals surface area contributed by atoms with Crippen LogP contribution in [-0.2, 0) is 17.8 Å². The molecule has 0 unspecified atom stereocenters. The van der Waals surface area contributed by atoms with E-state index < -0.39 is 0 Å². The molecule has 1 N–H and O–H groups in total. The Balaban J connectivity index is 1.42. The van der Waals surface area contributed by atoms with Crippen LogP contribution in [0.2, 0.25) is 5.02 Å². The number of hydrogen-bond donors (Lipinski definition) is 1. The van der Waals surface area contributed by atoms with Crippen LogP contribution in [0.5, 0.6) is 11.5 Å². The molecule has 35 heavy (non-hydrogen) atoms. The normalized spacial score (nSPS) is 11.1. The second kappa shape index (κ2) is 11.9. The minimum Gasteiger partial charge on any atom is -0.490 e. The molecule has 0 aliphatic rings. The smallest absolute Gasteiger partial charge is 0.244 e. The summed E-state index contributed by atoms with van der Waals surface area (Å²) in [5.74, 6) is 0.989. The van der Waals surface area contributed by atoms with Gasteiger partial charge in [0, 0.05) is 5.02 Å². The highest BCUT2D eigenvalue weighted by atomic mass is 79.9. The molecule has 0 aliphatic heterocycles. The predicted octanol–water partition coefficient (Wildman–Crippen LogP) is 6.93. The summed E-state index contributed by atoms with van der Waals surface area (Å²) in [4.78, 5) is 12.5. The van der Waals surface area contributed by atoms with E-state index in [9.17, 15) is 4.79 Å². The lowest BCUT2D eigenvalue weighted by Crippen LogP contribution is -2.19. The van der Waals surface area contributed by atoms with E-state index in [1.54, 1.807) is 6.21 Å². The number of benzene rings is 4. The van der Waals surface area contributed by atoms with Gasteiger partial charge in [0.2, 0.25) is 5.91 Å². The monoisotopic (exact) mass is 550 g/mol. The molecule has 0 atom stereocenters. The Morgan fingerprint density at radius 3 is 2.60 bits per heavy atom. The van der Waals surface area contributed by atoms with Crippen molar-refractivity contribution in [2.45, 2.75) is 20.0 Å². The molecule has 4 rings (SSSR count). The lowest BCUT2D eigenvalue weighted by molar-refractivity contribution is -0.120. The van der Waals surface area contributed by atoms with E-state index in [0.717, 1.165) is 31.9 Å². The van der Waals surface area contributed by atoms with Crippen LogP contribution in [0.3, 0.4) is 0 Å². The van der Waals surface area contributed by atoms with Gasteiger partial charge < -0.3 is 9.47 Å². The fourth-order valence-corrected chi connectivity index (χ4v) is 4.34. The molecule has 0 spiro atoms. The number of carbonyl (C=O) groups excluding carboxylic acids is 1. The first kappa shape index (κ1) is 24.8. The van der Waals surface area contributed by atoms with E-state index in [4.69, 9.17) is 21.1 Å². The Kier molecular flexibility index (Phi) is 8.40. The van der Waals surface area contributed by atoms with Crippen molar-refractivity contribution in [1.82, 2.24) is 5.43 Å². The van der Waals surface area contributed by atoms with E-state index in [2.05, 4.69) is 26.5 Å². The average molecular weight is 552 g/mol. The van der Waals surface area contributed by atoms with E-state index in [1.807, 2.05) is 85.8 Å². The minimum atomic E-state index is -0.190. The van der Waals surface area contributed by atoms with Gasteiger partial charge in [-0.15, -0.1) is 0 Å². The zero-order chi connectivity index (χ0) is 24.6. The maximum atomic E-state index is 12.5. The van der Waals surface area contributed by atoms with Crippen molar-refractivity contribution in [2.75, 3.05) is 6.61 Å². The van der Waals surface area contributed by atoms with Crippen molar-refractivity contribution in [3.63, 3.8) is 0 Å². The van der Waals surface area contributed by atoms with E-state index in [1.165, 1.54) is 0 Å². The van der Waals surface area contributed by atoms with Crippen LogP contribution in [0.25, 0.3) is 10.8 Å². The van der Waals surface area contributed by atoms with Gasteiger partial charge in [0.25, 0.3) is 0 Å². The lowest BCUT2D eigenvalue weighted by Gasteiger charge is -2.14. The molecule has 178 valence electrons. The van der Waals surface area contributed by atoms with Crippen LogP contribution in [0.15, 0.2) is 88.4 Å². The number of nitrogens with zero attached hydrogens (tertiary/aromatic N) is 1. The predicted molar refractivity (Wildman–Crippen MR) is 144 cm³/mol. The van der Waals surface area contributed by atoms with Crippen molar-refractivity contribution in [1.29, 1.82) is 0 Å². The maximum absolute atomic E-state index is 12.5. The second-order valence-corrected chi connectivity index (χ2v) is 9.08. The van der Waals surface area contributed by atoms with Crippen molar-refractivity contribution in [3.05, 3.63) is 105 Å². The van der Waals surface area contributed by atoms with Gasteiger partial charge in [0.05, 0.1) is 23.7 Å². The summed E-state index contributed by atoms with van der Waals surface area (Å²) in [6.45, 7) is 2.75. The minimum absolute atomic E-state index is 0.190. The van der Waals surface area contributed by atoms with Gasteiger partial charge in [-0.1, -0.05) is 66.2 Å². The first-order valence-corrected chi connectivity index (χ1v) is 12.3. The molecule has 0 radical (unpaired) electrons. The summed E-state index contributed by atoms with van der Waals surface area (Å²) in [7, 11) is 0. The molecule has 0 saturated carbocycles. The van der Waals surface area contributed by atoms with Crippen LogP contribution < -0.4 is 14.9 Å². The molecule has 0 aromatic heterocycles. The number of ether oxygens (including phenoxy) is 2. The van der Waals surface area contributed by atoms with Gasteiger partial charge in [0.1, 0.15) is 6.61 Å². The zero-order valence-electron chi connectivity index (χ0n) is 19.1. The molecule has 0 fully saturated rings. The van der Waals surface area contributed by atoms with Gasteiger partial charge in [0.15, 0.2) is 11.5 Å². The molecule has 5 nitrogen and oxygen atoms in total. The molecular formula is C28H24BrClN2O3. The van der Waals surface area contributed by atoms with Crippen molar-refractivity contribution < 1.29 is 14.3 Å². The quantitative estimate of drug-likeness (QED) is 0.181. The van der Waals surface area contributed by atoms with Crippen LogP contribution in [0, 0.1) is 0 Å². The second-order valence-electron chi connectivity index (χ2n) is 7.79. The molecule has 0 bridgehead atoms. The first-order valence-electron chi connectivity index (χ1n) is 11.2. The lowest BCUT2D eigenvalue weighted by atomic mass is 10.0. The average Bonchev–Trinajstić information content (AvgIpc) is 2.85. The van der Waals surface area contributed by atoms with Gasteiger partial charge >= 0.3 is 0 Å². The number of fused-ring (bicyclic) bond motifs is 1. The number of amides is 1. The Morgan fingerprint density at radius 1 is 1.03 bits per heavy atom. The van der Waals surface area contributed by atoms with Crippen LogP contribution in [0.1, 0.15) is 23.6 Å². The number of halogens is 2. The summed E-state index contributed by atoms with van der Waals surface area (Å²) in [5.41, 5.74) is 5.31. The summed E-state index contributed by atoms with van der Waals surface area (Å²) >= 11 is 9.52. The summed E-state index contributed by atoms with van der Waals surface area (Å²) in [6, 6.07) is 25.1. The molecule has 0 aliphatic carbocycles. The molecule has 7 heteroatoms. The highest BCUT2D eigenvalue weighted by molar-refractivity contribution is 9.10. The highest BCUT2D eigenvalue weighted by Gasteiger charge is 2.13. The van der Waals surface area contributed by atoms with Gasteiger partial charge in [-0.3, -0.25) is 4.79 Å². The highest BCUT2D eigenvalue weighted by Crippen LogP contribution is 2.37. The van der Waals surface area contributed by atoms with Gasteiger partial charge in [-0.05, 0) is 74.6 Å².